The minimum atomic E-state index is -1.31. The van der Waals surface area contributed by atoms with Crippen LogP contribution in [0.2, 0.25) is 0 Å². The summed E-state index contributed by atoms with van der Waals surface area (Å²) in [7, 11) is 1.90. The third kappa shape index (κ3) is 3.20. The SMILES string of the molecule is CCC1(c2ccc(F)cc2)NC(=O)N(CC(=O)/C=C2/N(C)c3ccccc3C2(C)C)C1=O. The van der Waals surface area contributed by atoms with Gasteiger partial charge in [-0.25, -0.2) is 9.18 Å². The molecule has 1 unspecified atom stereocenters. The van der Waals surface area contributed by atoms with Crippen LogP contribution >= 0.6 is 0 Å². The first-order valence-electron chi connectivity index (χ1n) is 10.6. The number of amides is 3. The van der Waals surface area contributed by atoms with Gasteiger partial charge in [-0.15, -0.1) is 0 Å². The number of para-hydroxylation sites is 1. The highest BCUT2D eigenvalue weighted by molar-refractivity contribution is 6.10. The minimum absolute atomic E-state index is 0.278. The summed E-state index contributed by atoms with van der Waals surface area (Å²) in [5, 5.41) is 2.72. The molecule has 166 valence electrons. The lowest BCUT2D eigenvalue weighted by molar-refractivity contribution is -0.134. The second-order valence-corrected chi connectivity index (χ2v) is 8.78. The van der Waals surface area contributed by atoms with E-state index in [2.05, 4.69) is 5.32 Å². The zero-order valence-electron chi connectivity index (χ0n) is 18.6. The van der Waals surface area contributed by atoms with Crippen LogP contribution in [0.15, 0.2) is 60.3 Å². The monoisotopic (exact) mass is 435 g/mol. The van der Waals surface area contributed by atoms with Gasteiger partial charge in [-0.05, 0) is 35.7 Å². The lowest BCUT2D eigenvalue weighted by Crippen LogP contribution is -2.43. The van der Waals surface area contributed by atoms with Gasteiger partial charge in [-0.2, -0.15) is 0 Å². The molecule has 0 aromatic heterocycles. The quantitative estimate of drug-likeness (QED) is 0.572. The number of carbonyl (C=O) groups is 3. The summed E-state index contributed by atoms with van der Waals surface area (Å²) in [6, 6.07) is 12.8. The second kappa shape index (κ2) is 7.58. The Kier molecular flexibility index (Phi) is 5.15. The summed E-state index contributed by atoms with van der Waals surface area (Å²) in [5.41, 5.74) is 1.72. The molecule has 4 rings (SSSR count). The van der Waals surface area contributed by atoms with E-state index in [1.807, 2.05) is 50.1 Å². The Hall–Kier alpha value is -3.48. The number of fused-ring (bicyclic) bond motifs is 1. The predicted octanol–water partition coefficient (Wildman–Crippen LogP) is 3.86. The molecule has 1 atom stereocenters. The molecule has 7 heteroatoms. The average molecular weight is 435 g/mol. The van der Waals surface area contributed by atoms with Crippen molar-refractivity contribution in [2.45, 2.75) is 38.1 Å². The van der Waals surface area contributed by atoms with Crippen molar-refractivity contribution in [3.8, 4) is 0 Å². The van der Waals surface area contributed by atoms with Crippen molar-refractivity contribution >= 4 is 23.4 Å². The molecule has 0 radical (unpaired) electrons. The van der Waals surface area contributed by atoms with Crippen LogP contribution in [0, 0.1) is 5.82 Å². The summed E-state index contributed by atoms with van der Waals surface area (Å²) in [4.78, 5) is 41.8. The van der Waals surface area contributed by atoms with Crippen molar-refractivity contribution in [2.75, 3.05) is 18.5 Å². The van der Waals surface area contributed by atoms with Gasteiger partial charge in [0.05, 0.1) is 6.54 Å². The van der Waals surface area contributed by atoms with Crippen LogP contribution in [0.3, 0.4) is 0 Å². The van der Waals surface area contributed by atoms with Crippen molar-refractivity contribution < 1.29 is 18.8 Å². The summed E-state index contributed by atoms with van der Waals surface area (Å²) in [5.74, 6) is -1.28. The van der Waals surface area contributed by atoms with E-state index in [9.17, 15) is 18.8 Å². The third-order valence-electron chi connectivity index (χ3n) is 6.60. The van der Waals surface area contributed by atoms with Crippen molar-refractivity contribution in [3.05, 3.63) is 77.2 Å². The number of ketones is 1. The van der Waals surface area contributed by atoms with E-state index in [1.165, 1.54) is 30.3 Å². The Morgan fingerprint density at radius 3 is 2.38 bits per heavy atom. The summed E-state index contributed by atoms with van der Waals surface area (Å²) in [6.07, 6.45) is 1.80. The van der Waals surface area contributed by atoms with Crippen LogP contribution in [0.25, 0.3) is 0 Å². The number of halogens is 1. The van der Waals surface area contributed by atoms with E-state index >= 15 is 0 Å². The highest BCUT2D eigenvalue weighted by Crippen LogP contribution is 2.46. The Morgan fingerprint density at radius 2 is 1.75 bits per heavy atom. The van der Waals surface area contributed by atoms with E-state index in [0.29, 0.717) is 5.56 Å². The molecule has 1 fully saturated rings. The summed E-state index contributed by atoms with van der Waals surface area (Å²) < 4.78 is 13.4. The molecule has 1 saturated heterocycles. The number of imide groups is 1. The molecule has 6 nitrogen and oxygen atoms in total. The fourth-order valence-electron chi connectivity index (χ4n) is 4.76. The number of rotatable bonds is 5. The van der Waals surface area contributed by atoms with Crippen molar-refractivity contribution in [1.82, 2.24) is 10.2 Å². The van der Waals surface area contributed by atoms with Crippen molar-refractivity contribution in [3.63, 3.8) is 0 Å². The normalized spacial score (nSPS) is 23.0. The van der Waals surface area contributed by atoms with Gasteiger partial charge >= 0.3 is 6.03 Å². The van der Waals surface area contributed by atoms with E-state index < -0.39 is 23.3 Å². The van der Waals surface area contributed by atoms with Gasteiger partial charge in [-0.1, -0.05) is 51.1 Å². The molecule has 2 aliphatic rings. The molecule has 2 aromatic carbocycles. The number of nitrogens with zero attached hydrogens (tertiary/aromatic N) is 2. The Morgan fingerprint density at radius 1 is 1.09 bits per heavy atom. The first-order valence-corrected chi connectivity index (χ1v) is 10.6. The second-order valence-electron chi connectivity index (χ2n) is 8.78. The fourth-order valence-corrected chi connectivity index (χ4v) is 4.76. The Balaban J connectivity index is 1.60. The molecule has 0 bridgehead atoms. The van der Waals surface area contributed by atoms with Crippen molar-refractivity contribution in [2.24, 2.45) is 0 Å². The standard InChI is InChI=1S/C25H26FN3O3/c1-5-25(16-10-12-17(26)13-11-16)22(31)29(23(32)27-25)15-18(30)14-21-24(2,3)19-8-6-7-9-20(19)28(21)4/h6-14H,5,15H2,1-4H3,(H,27,32)/b21-14+. The molecular formula is C25H26FN3O3. The minimum Gasteiger partial charge on any atom is -0.347 e. The van der Waals surface area contributed by atoms with Crippen LogP contribution < -0.4 is 10.2 Å². The van der Waals surface area contributed by atoms with Crippen LogP contribution in [-0.2, 0) is 20.5 Å². The van der Waals surface area contributed by atoms with Gasteiger partial charge in [0, 0.05) is 29.9 Å². The number of benzene rings is 2. The molecule has 2 aliphatic heterocycles. The van der Waals surface area contributed by atoms with E-state index in [1.54, 1.807) is 6.92 Å². The lowest BCUT2D eigenvalue weighted by atomic mass is 9.83. The number of hydrogen-bond acceptors (Lipinski definition) is 4. The number of nitrogens with one attached hydrogen (secondary N) is 1. The van der Waals surface area contributed by atoms with Gasteiger partial charge in [0.25, 0.3) is 5.91 Å². The van der Waals surface area contributed by atoms with Gasteiger partial charge in [0.2, 0.25) is 0 Å². The number of anilines is 1. The van der Waals surface area contributed by atoms with E-state index in [0.717, 1.165) is 21.8 Å². The fraction of sp³-hybridized carbons (Fsp3) is 0.320. The topological polar surface area (TPSA) is 69.7 Å². The van der Waals surface area contributed by atoms with Crippen LogP contribution in [-0.4, -0.2) is 36.2 Å². The molecule has 3 amide bonds. The molecule has 32 heavy (non-hydrogen) atoms. The summed E-state index contributed by atoms with van der Waals surface area (Å²) in [6.45, 7) is 5.48. The molecule has 2 heterocycles. The number of carbonyl (C=O) groups excluding carboxylic acids is 3. The van der Waals surface area contributed by atoms with Gasteiger partial charge < -0.3 is 10.2 Å². The van der Waals surface area contributed by atoms with Gasteiger partial charge in [0.1, 0.15) is 11.4 Å². The molecule has 0 spiro atoms. The Bertz CT molecular complexity index is 1140. The maximum absolute atomic E-state index is 13.4. The molecule has 0 saturated carbocycles. The lowest BCUT2D eigenvalue weighted by Gasteiger charge is -2.26. The van der Waals surface area contributed by atoms with Crippen molar-refractivity contribution in [1.29, 1.82) is 0 Å². The number of allylic oxidation sites excluding steroid dienone is 1. The van der Waals surface area contributed by atoms with Gasteiger partial charge in [0.15, 0.2) is 5.78 Å². The highest BCUT2D eigenvalue weighted by atomic mass is 19.1. The van der Waals surface area contributed by atoms with Crippen LogP contribution in [0.4, 0.5) is 14.9 Å². The Labute approximate surface area is 186 Å². The van der Waals surface area contributed by atoms with E-state index in [-0.39, 0.29) is 24.2 Å². The van der Waals surface area contributed by atoms with Crippen LogP contribution in [0.1, 0.15) is 38.3 Å². The third-order valence-corrected chi connectivity index (χ3v) is 6.60. The zero-order chi connectivity index (χ0) is 23.3. The molecule has 0 aliphatic carbocycles. The maximum Gasteiger partial charge on any atom is 0.325 e. The van der Waals surface area contributed by atoms with Crippen LogP contribution in [0.5, 0.6) is 0 Å². The predicted molar refractivity (Wildman–Crippen MR) is 120 cm³/mol. The first kappa shape index (κ1) is 21.7. The first-order chi connectivity index (χ1) is 15.1. The highest BCUT2D eigenvalue weighted by Gasteiger charge is 2.51. The maximum atomic E-state index is 13.4. The summed E-state index contributed by atoms with van der Waals surface area (Å²) >= 11 is 0. The smallest absolute Gasteiger partial charge is 0.325 e. The average Bonchev–Trinajstić information content (AvgIpc) is 3.12. The number of hydrogen-bond donors (Lipinski definition) is 1. The largest absolute Gasteiger partial charge is 0.347 e. The zero-order valence-corrected chi connectivity index (χ0v) is 18.6. The number of urea groups is 1. The van der Waals surface area contributed by atoms with Gasteiger partial charge in [-0.3, -0.25) is 14.5 Å². The molecule has 1 N–H and O–H groups in total. The van der Waals surface area contributed by atoms with E-state index in [4.69, 9.17) is 0 Å². The number of likely N-dealkylation sites (N-methyl/N-ethyl adjacent to an activating group) is 1. The molecule has 2 aromatic rings. The molecular weight excluding hydrogens is 409 g/mol.